The van der Waals surface area contributed by atoms with Crippen molar-refractivity contribution in [3.8, 4) is 0 Å². The average Bonchev–Trinajstić information content (AvgIpc) is 2.68. The lowest BCUT2D eigenvalue weighted by atomic mass is 10.2. The molecule has 8 heteroatoms. The number of carbonyl (C=O) groups excluding carboxylic acids is 1. The highest BCUT2D eigenvalue weighted by Gasteiger charge is 2.30. The molecule has 1 heterocycles. The molecule has 4 nitrogen and oxygen atoms in total. The smallest absolute Gasteiger partial charge is 0.282 e. The van der Waals surface area contributed by atoms with Crippen molar-refractivity contribution in [1.82, 2.24) is 0 Å². The molecule has 3 rings (SSSR count). The highest BCUT2D eigenvalue weighted by Crippen LogP contribution is 2.19. The van der Waals surface area contributed by atoms with Gasteiger partial charge in [-0.2, -0.15) is 0 Å². The van der Waals surface area contributed by atoms with Gasteiger partial charge in [-0.05, 0) is 43.3 Å². The predicted octanol–water partition coefficient (Wildman–Crippen LogP) is 1.98. The number of benzene rings is 2. The maximum absolute atomic E-state index is 13.7. The van der Waals surface area contributed by atoms with Gasteiger partial charge >= 0.3 is 0 Å². The Morgan fingerprint density at radius 3 is 2.26 bits per heavy atom. The van der Waals surface area contributed by atoms with E-state index in [0.717, 1.165) is 22.7 Å². The van der Waals surface area contributed by atoms with Crippen molar-refractivity contribution in [2.45, 2.75) is 13.0 Å². The molecule has 0 aliphatic carbocycles. The molecule has 0 bridgehead atoms. The monoisotopic (exact) mass is 382 g/mol. The molecule has 0 aromatic heterocycles. The van der Waals surface area contributed by atoms with E-state index in [9.17, 15) is 22.4 Å². The SMILES string of the molecule is C[C@@H](C(=O)Nc1ccc(F)c(F)c1F)[NH+]1CCN(c2ccc(F)cc2)CC1. The van der Waals surface area contributed by atoms with Crippen LogP contribution in [0.4, 0.5) is 28.9 Å². The molecule has 0 radical (unpaired) electrons. The highest BCUT2D eigenvalue weighted by molar-refractivity contribution is 5.93. The fourth-order valence-corrected chi connectivity index (χ4v) is 3.19. The van der Waals surface area contributed by atoms with E-state index < -0.39 is 29.4 Å². The second-order valence-corrected chi connectivity index (χ2v) is 6.56. The Morgan fingerprint density at radius 1 is 1.00 bits per heavy atom. The number of hydrogen-bond acceptors (Lipinski definition) is 2. The molecule has 2 aromatic carbocycles. The number of halogens is 4. The minimum absolute atomic E-state index is 0.294. The largest absolute Gasteiger partial charge is 0.360 e. The van der Waals surface area contributed by atoms with E-state index >= 15 is 0 Å². The van der Waals surface area contributed by atoms with Crippen molar-refractivity contribution in [1.29, 1.82) is 0 Å². The summed E-state index contributed by atoms with van der Waals surface area (Å²) >= 11 is 0. The second-order valence-electron chi connectivity index (χ2n) is 6.56. The number of nitrogens with zero attached hydrogens (tertiary/aromatic N) is 1. The minimum atomic E-state index is -1.61. The number of nitrogens with one attached hydrogen (secondary N) is 2. The van der Waals surface area contributed by atoms with Gasteiger partial charge in [-0.15, -0.1) is 0 Å². The molecule has 1 atom stereocenters. The molecule has 1 aliphatic heterocycles. The Balaban J connectivity index is 1.58. The first-order valence-electron chi connectivity index (χ1n) is 8.66. The van der Waals surface area contributed by atoms with E-state index in [4.69, 9.17) is 0 Å². The summed E-state index contributed by atoms with van der Waals surface area (Å²) in [5.41, 5.74) is 0.534. The van der Waals surface area contributed by atoms with Crippen molar-refractivity contribution in [3.63, 3.8) is 0 Å². The molecule has 0 unspecified atom stereocenters. The first-order chi connectivity index (χ1) is 12.9. The standard InChI is InChI=1S/C19H19F4N3O/c1-12(19(27)24-16-7-6-15(21)17(22)18(16)23)25-8-10-26(11-9-25)14-4-2-13(20)3-5-14/h2-7,12H,8-11H2,1H3,(H,24,27)/p+1/t12-/m0/s1. The van der Waals surface area contributed by atoms with Gasteiger partial charge in [-0.3, -0.25) is 4.79 Å². The van der Waals surface area contributed by atoms with Gasteiger partial charge in [-0.25, -0.2) is 17.6 Å². The Bertz CT molecular complexity index is 820. The van der Waals surface area contributed by atoms with Crippen LogP contribution in [0.1, 0.15) is 6.92 Å². The van der Waals surface area contributed by atoms with Crippen molar-refractivity contribution >= 4 is 17.3 Å². The summed E-state index contributed by atoms with van der Waals surface area (Å²) in [4.78, 5) is 15.5. The summed E-state index contributed by atoms with van der Waals surface area (Å²) in [5, 5.41) is 2.33. The first-order valence-corrected chi connectivity index (χ1v) is 8.66. The third-order valence-electron chi connectivity index (χ3n) is 4.90. The van der Waals surface area contributed by atoms with Crippen LogP contribution in [0.15, 0.2) is 36.4 Å². The summed E-state index contributed by atoms with van der Waals surface area (Å²) in [6.07, 6.45) is 0. The van der Waals surface area contributed by atoms with Gasteiger partial charge < -0.3 is 15.1 Å². The molecule has 2 aromatic rings. The Kier molecular flexibility index (Phi) is 5.65. The maximum atomic E-state index is 13.7. The first kappa shape index (κ1) is 19.2. The number of hydrogen-bond donors (Lipinski definition) is 2. The van der Waals surface area contributed by atoms with Crippen LogP contribution in [-0.2, 0) is 4.79 Å². The minimum Gasteiger partial charge on any atom is -0.360 e. The fourth-order valence-electron chi connectivity index (χ4n) is 3.19. The quantitative estimate of drug-likeness (QED) is 0.627. The number of rotatable bonds is 4. The van der Waals surface area contributed by atoms with Crippen LogP contribution >= 0.6 is 0 Å². The molecule has 1 saturated heterocycles. The van der Waals surface area contributed by atoms with Gasteiger partial charge in [0.1, 0.15) is 5.82 Å². The molecule has 1 amide bonds. The average molecular weight is 382 g/mol. The topological polar surface area (TPSA) is 36.8 Å². The zero-order chi connectivity index (χ0) is 19.6. The molecule has 1 aliphatic rings. The van der Waals surface area contributed by atoms with E-state index in [1.165, 1.54) is 12.1 Å². The number of amides is 1. The van der Waals surface area contributed by atoms with E-state index in [2.05, 4.69) is 10.2 Å². The van der Waals surface area contributed by atoms with Crippen molar-refractivity contribution in [3.05, 3.63) is 59.7 Å². The summed E-state index contributed by atoms with van der Waals surface area (Å²) in [6.45, 7) is 4.38. The van der Waals surface area contributed by atoms with Gasteiger partial charge in [-0.1, -0.05) is 0 Å². The molecule has 144 valence electrons. The van der Waals surface area contributed by atoms with Crippen LogP contribution in [-0.4, -0.2) is 38.1 Å². The van der Waals surface area contributed by atoms with Crippen LogP contribution < -0.4 is 15.1 Å². The van der Waals surface area contributed by atoms with Crippen molar-refractivity contribution in [2.75, 3.05) is 36.4 Å². The summed E-state index contributed by atoms with van der Waals surface area (Å²) in [6, 6.07) is 7.51. The van der Waals surface area contributed by atoms with Crippen LogP contribution in [0.25, 0.3) is 0 Å². The molecule has 0 saturated carbocycles. The summed E-state index contributed by atoms with van der Waals surface area (Å²) < 4.78 is 53.0. The summed E-state index contributed by atoms with van der Waals surface area (Å²) in [7, 11) is 0. The Labute approximate surface area is 154 Å². The van der Waals surface area contributed by atoms with Gasteiger partial charge in [0.25, 0.3) is 5.91 Å². The van der Waals surface area contributed by atoms with E-state index in [1.807, 2.05) is 0 Å². The Morgan fingerprint density at radius 2 is 1.63 bits per heavy atom. The lowest BCUT2D eigenvalue weighted by Gasteiger charge is -2.36. The third kappa shape index (κ3) is 4.21. The lowest BCUT2D eigenvalue weighted by molar-refractivity contribution is -0.914. The second kappa shape index (κ2) is 7.96. The van der Waals surface area contributed by atoms with Gasteiger partial charge in [0.2, 0.25) is 0 Å². The highest BCUT2D eigenvalue weighted by atomic mass is 19.2. The fraction of sp³-hybridized carbons (Fsp3) is 0.316. The number of piperazine rings is 1. The molecule has 0 spiro atoms. The van der Waals surface area contributed by atoms with Crippen LogP contribution in [0.2, 0.25) is 0 Å². The predicted molar refractivity (Wildman–Crippen MR) is 93.7 cm³/mol. The normalized spacial score (nSPS) is 16.3. The van der Waals surface area contributed by atoms with E-state index in [1.54, 1.807) is 19.1 Å². The lowest BCUT2D eigenvalue weighted by Crippen LogP contribution is -3.19. The summed E-state index contributed by atoms with van der Waals surface area (Å²) in [5.74, 6) is -5.09. The van der Waals surface area contributed by atoms with Crippen molar-refractivity contribution in [2.24, 2.45) is 0 Å². The van der Waals surface area contributed by atoms with Crippen LogP contribution in [0.5, 0.6) is 0 Å². The van der Waals surface area contributed by atoms with Gasteiger partial charge in [0.15, 0.2) is 23.5 Å². The molecule has 27 heavy (non-hydrogen) atoms. The zero-order valence-corrected chi connectivity index (χ0v) is 14.7. The number of carbonyl (C=O) groups is 1. The zero-order valence-electron chi connectivity index (χ0n) is 14.7. The van der Waals surface area contributed by atoms with Gasteiger partial charge in [0, 0.05) is 5.69 Å². The molecular formula is C19H20F4N3O+. The van der Waals surface area contributed by atoms with E-state index in [0.29, 0.717) is 26.2 Å². The molecule has 1 fully saturated rings. The van der Waals surface area contributed by atoms with Crippen LogP contribution in [0, 0.1) is 23.3 Å². The Hall–Kier alpha value is -2.61. The van der Waals surface area contributed by atoms with Crippen LogP contribution in [0.3, 0.4) is 0 Å². The number of quaternary nitrogens is 1. The number of anilines is 2. The molecule has 2 N–H and O–H groups in total. The van der Waals surface area contributed by atoms with Gasteiger partial charge in [0.05, 0.1) is 31.9 Å². The maximum Gasteiger partial charge on any atom is 0.282 e. The third-order valence-corrected chi connectivity index (χ3v) is 4.90. The molecular weight excluding hydrogens is 362 g/mol. The van der Waals surface area contributed by atoms with Crippen molar-refractivity contribution < 1.29 is 27.3 Å². The van der Waals surface area contributed by atoms with E-state index in [-0.39, 0.29) is 11.5 Å².